The molecule has 10 atom stereocenters. The number of rotatable bonds is 42. The maximum Gasteiger partial charge on any atom is 0.245 e. The first-order valence-electron chi connectivity index (χ1n) is 30.4. The molecule has 36 heteroatoms. The number of aliphatic hydroxyl groups excluding tert-OH is 1. The molecule has 3 rings (SSSR count). The van der Waals surface area contributed by atoms with Crippen molar-refractivity contribution in [1.29, 1.82) is 0 Å². The van der Waals surface area contributed by atoms with E-state index in [1.54, 1.807) is 13.8 Å². The number of aromatic nitrogens is 2. The molecule has 2 aliphatic rings. The summed E-state index contributed by atoms with van der Waals surface area (Å²) < 4.78 is 0. The normalized spacial score (nSPS) is 17.1. The number of carbonyl (C=O) groups is 12. The van der Waals surface area contributed by atoms with Crippen LogP contribution in [-0.4, -0.2) is 226 Å². The molecule has 3 heterocycles. The van der Waals surface area contributed by atoms with E-state index in [9.17, 15) is 62.6 Å². The summed E-state index contributed by atoms with van der Waals surface area (Å²) in [5.74, 6) is -9.43. The lowest BCUT2D eigenvalue weighted by atomic mass is 10.0. The van der Waals surface area contributed by atoms with Gasteiger partial charge in [-0.1, -0.05) is 13.8 Å². The van der Waals surface area contributed by atoms with Crippen molar-refractivity contribution < 1.29 is 62.6 Å². The number of aromatic amines is 1. The van der Waals surface area contributed by atoms with Gasteiger partial charge in [0.05, 0.1) is 25.5 Å². The van der Waals surface area contributed by atoms with Crippen LogP contribution in [-0.2, 0) is 64.0 Å². The highest BCUT2D eigenvalue weighted by atomic mass is 32.2. The monoisotopic (exact) mass is 1300 g/mol. The van der Waals surface area contributed by atoms with E-state index in [4.69, 9.17) is 45.9 Å². The Kier molecular flexibility index (Phi) is 34.1. The van der Waals surface area contributed by atoms with Crippen LogP contribution >= 0.6 is 11.8 Å². The number of carbonyl (C=O) groups excluding carboxylic acids is 12. The first-order valence-corrected chi connectivity index (χ1v) is 31.8. The van der Waals surface area contributed by atoms with E-state index in [2.05, 4.69) is 62.5 Å². The second kappa shape index (κ2) is 40.4. The zero-order chi connectivity index (χ0) is 67.7. The van der Waals surface area contributed by atoms with Crippen molar-refractivity contribution in [1.82, 2.24) is 62.3 Å². The summed E-state index contributed by atoms with van der Waals surface area (Å²) in [5.41, 5.74) is 44.9. The smallest absolute Gasteiger partial charge is 0.245 e. The van der Waals surface area contributed by atoms with Crippen molar-refractivity contribution in [3.8, 4) is 0 Å². The highest BCUT2D eigenvalue weighted by molar-refractivity contribution is 7.98. The Morgan fingerprint density at radius 2 is 1.15 bits per heavy atom. The highest BCUT2D eigenvalue weighted by Crippen LogP contribution is 2.22. The number of nitrogens with two attached hydrogens (primary N) is 8. The molecule has 1 aromatic heterocycles. The number of hydrogen-bond donors (Lipinski definition) is 18. The molecule has 91 heavy (non-hydrogen) atoms. The van der Waals surface area contributed by atoms with Gasteiger partial charge in [-0.3, -0.25) is 67.5 Å². The summed E-state index contributed by atoms with van der Waals surface area (Å²) in [6.07, 6.45) is 6.63. The third-order valence-electron chi connectivity index (χ3n) is 14.9. The number of likely N-dealkylation sites (tertiary alicyclic amines) is 2. The van der Waals surface area contributed by atoms with Crippen LogP contribution in [0.4, 0.5) is 0 Å². The Balaban J connectivity index is 1.83. The number of primary amides is 2. The van der Waals surface area contributed by atoms with Gasteiger partial charge in [0.1, 0.15) is 54.4 Å². The summed E-state index contributed by atoms with van der Waals surface area (Å²) in [7, 11) is 0. The Hall–Kier alpha value is -8.38. The zero-order valence-electron chi connectivity index (χ0n) is 52.1. The van der Waals surface area contributed by atoms with Crippen LogP contribution in [0.25, 0.3) is 0 Å². The summed E-state index contributed by atoms with van der Waals surface area (Å²) in [5, 5.41) is 31.4. The van der Waals surface area contributed by atoms with Gasteiger partial charge in [-0.05, 0) is 114 Å². The summed E-state index contributed by atoms with van der Waals surface area (Å²) in [6.45, 7) is 2.56. The molecular weight excluding hydrogens is 1210 g/mol. The van der Waals surface area contributed by atoms with Crippen molar-refractivity contribution in [2.75, 3.05) is 57.9 Å². The summed E-state index contributed by atoms with van der Waals surface area (Å²) in [4.78, 5) is 180. The van der Waals surface area contributed by atoms with Crippen LogP contribution in [0.1, 0.15) is 116 Å². The molecule has 2 fully saturated rings. The molecule has 0 saturated carbocycles. The number of nitrogens with one attached hydrogen (secondary N) is 9. The number of guanidine groups is 2. The second-order valence-corrected chi connectivity index (χ2v) is 23.6. The number of imidazole rings is 1. The Bertz CT molecular complexity index is 2660. The van der Waals surface area contributed by atoms with Gasteiger partial charge in [-0.2, -0.15) is 11.8 Å². The average molecular weight is 1310 g/mol. The van der Waals surface area contributed by atoms with Crippen molar-refractivity contribution in [3.63, 3.8) is 0 Å². The SMILES string of the molecule is CSCC[C@H](NC(=O)[C@@H]1CCCN1C(=O)CNC(=O)[C@H](CCCCN)NC(=O)[C@H](Cc1cnc[nH]1)NC(=O)[C@H](CO)NC(=O)[C@H](CC(C)C)NC(=O)[C@H](CCCN=C(N)N)NC(=O)[C@@H]1CCCN1C(=O)[C@H](CCCN=C(N)N)NC(=O)[C@@H](N)CCC(N)=O)C(N)=O. The van der Waals surface area contributed by atoms with E-state index in [-0.39, 0.29) is 121 Å². The van der Waals surface area contributed by atoms with E-state index in [0.29, 0.717) is 43.6 Å². The first kappa shape index (κ1) is 76.9. The number of H-pyrrole nitrogens is 1. The Morgan fingerprint density at radius 3 is 1.71 bits per heavy atom. The van der Waals surface area contributed by atoms with E-state index < -0.39 is 144 Å². The van der Waals surface area contributed by atoms with Crippen molar-refractivity contribution in [2.24, 2.45) is 61.8 Å². The van der Waals surface area contributed by atoms with Gasteiger partial charge >= 0.3 is 0 Å². The molecule has 0 unspecified atom stereocenters. The predicted octanol–water partition coefficient (Wildman–Crippen LogP) is -7.45. The molecule has 0 aliphatic carbocycles. The van der Waals surface area contributed by atoms with Gasteiger partial charge in [0.25, 0.3) is 0 Å². The minimum Gasteiger partial charge on any atom is -0.394 e. The van der Waals surface area contributed by atoms with Crippen LogP contribution < -0.4 is 88.4 Å². The molecule has 1 aromatic rings. The minimum absolute atomic E-state index is 0.0146. The molecular formula is C55H96N22O13S. The lowest BCUT2D eigenvalue weighted by molar-refractivity contribution is -0.142. The summed E-state index contributed by atoms with van der Waals surface area (Å²) in [6, 6.07) is -12.8. The third-order valence-corrected chi connectivity index (χ3v) is 15.6. The van der Waals surface area contributed by atoms with Crippen LogP contribution in [0, 0.1) is 5.92 Å². The van der Waals surface area contributed by atoms with E-state index in [0.717, 1.165) is 0 Å². The molecule has 0 aromatic carbocycles. The molecule has 12 amide bonds. The first-order chi connectivity index (χ1) is 43.2. The fourth-order valence-corrected chi connectivity index (χ4v) is 10.6. The number of aliphatic hydroxyl groups is 1. The van der Waals surface area contributed by atoms with E-state index in [1.807, 2.05) is 6.26 Å². The lowest BCUT2D eigenvalue weighted by Gasteiger charge is -2.31. The Morgan fingerprint density at radius 1 is 0.637 bits per heavy atom. The van der Waals surface area contributed by atoms with Gasteiger partial charge in [0.15, 0.2) is 11.9 Å². The van der Waals surface area contributed by atoms with Gasteiger partial charge in [-0.15, -0.1) is 0 Å². The van der Waals surface area contributed by atoms with Crippen LogP contribution in [0.3, 0.4) is 0 Å². The molecule has 0 bridgehead atoms. The van der Waals surface area contributed by atoms with Gasteiger partial charge in [0, 0.05) is 50.9 Å². The maximum atomic E-state index is 14.4. The van der Waals surface area contributed by atoms with E-state index in [1.165, 1.54) is 34.1 Å². The quantitative estimate of drug-likeness (QED) is 0.0164. The van der Waals surface area contributed by atoms with Crippen LogP contribution in [0.5, 0.6) is 0 Å². The molecule has 26 N–H and O–H groups in total. The molecule has 2 aliphatic heterocycles. The number of nitrogens with zero attached hydrogens (tertiary/aromatic N) is 5. The summed E-state index contributed by atoms with van der Waals surface area (Å²) >= 11 is 1.47. The number of aliphatic imine (C=N–C) groups is 2. The van der Waals surface area contributed by atoms with Gasteiger partial charge in [0.2, 0.25) is 70.9 Å². The standard InChI is InChI=1S/C55H96N22O13S/c1-30(2)24-37(73-47(84)35(11-6-19-65-54(60)61)71-52(89)41-14-9-22-77(41)53(90)36(12-7-20-66-55(62)63)72-45(82)32(57)15-16-42(58)79)48(85)75-39(28-78)50(87)74-38(25-31-26-64-29-68-31)49(86)70-34(10-4-5-18-56)46(83)67-27-43(80)76-21-8-13-40(76)51(88)69-33(44(59)81)17-23-91-3/h26,29-30,32-41,78H,4-25,27-28,56-57H2,1-3H3,(H2,58,79)(H2,59,81)(H,64,68)(H,67,83)(H,69,88)(H,70,86)(H,71,89)(H,72,82)(H,73,84)(H,74,87)(H,75,85)(H4,60,61,65)(H4,62,63,66)/t32-,33-,34-,35-,36-,37-,38-,39-,40-,41-/m0/s1. The number of unbranched alkanes of at least 4 members (excludes halogenated alkanes) is 1. The number of hydrogen-bond acceptors (Lipinski definition) is 19. The number of amides is 12. The molecule has 35 nitrogen and oxygen atoms in total. The zero-order valence-corrected chi connectivity index (χ0v) is 52.9. The average Bonchev–Trinajstić information content (AvgIpc) is 1.82. The van der Waals surface area contributed by atoms with E-state index >= 15 is 0 Å². The van der Waals surface area contributed by atoms with Crippen LogP contribution in [0.2, 0.25) is 0 Å². The fraction of sp³-hybridized carbons (Fsp3) is 0.691. The van der Waals surface area contributed by atoms with Gasteiger partial charge < -0.3 is 108 Å². The highest BCUT2D eigenvalue weighted by Gasteiger charge is 2.41. The second-order valence-electron chi connectivity index (χ2n) is 22.7. The van der Waals surface area contributed by atoms with Crippen molar-refractivity contribution >= 4 is 94.6 Å². The van der Waals surface area contributed by atoms with Gasteiger partial charge in [-0.25, -0.2) is 4.98 Å². The number of thioether (sulfide) groups is 1. The van der Waals surface area contributed by atoms with Crippen molar-refractivity contribution in [3.05, 3.63) is 18.2 Å². The third kappa shape index (κ3) is 27.3. The lowest BCUT2D eigenvalue weighted by Crippen LogP contribution is -2.61. The topological polar surface area (TPSA) is 589 Å². The molecule has 0 spiro atoms. The molecule has 2 saturated heterocycles. The molecule has 0 radical (unpaired) electrons. The fourth-order valence-electron chi connectivity index (χ4n) is 10.1. The largest absolute Gasteiger partial charge is 0.394 e. The predicted molar refractivity (Wildman–Crippen MR) is 336 cm³/mol. The van der Waals surface area contributed by atoms with Crippen molar-refractivity contribution in [2.45, 2.75) is 177 Å². The minimum atomic E-state index is -1.74. The molecule has 510 valence electrons. The maximum absolute atomic E-state index is 14.4. The Labute approximate surface area is 532 Å². The van der Waals surface area contributed by atoms with Crippen LogP contribution in [0.15, 0.2) is 22.5 Å².